The molecule has 2 amide bonds. The van der Waals surface area contributed by atoms with E-state index in [0.717, 1.165) is 17.0 Å². The molecule has 0 aromatic heterocycles. The Morgan fingerprint density at radius 2 is 1.89 bits per heavy atom. The Bertz CT molecular complexity index is 474. The smallest absolute Gasteiger partial charge is 0.257 e. The minimum Gasteiger partial charge on any atom is -0.507 e. The van der Waals surface area contributed by atoms with Crippen molar-refractivity contribution in [2.75, 3.05) is 27.7 Å². The molecule has 0 spiro atoms. The van der Waals surface area contributed by atoms with Gasteiger partial charge in [-0.05, 0) is 12.1 Å². The fourth-order valence-electron chi connectivity index (χ4n) is 1.31. The van der Waals surface area contributed by atoms with Crippen LogP contribution in [0, 0.1) is 5.82 Å². The summed E-state index contributed by atoms with van der Waals surface area (Å²) in [7, 11) is 4.60. The van der Waals surface area contributed by atoms with E-state index in [1.807, 2.05) is 0 Å². The number of hydrogen-bond donors (Lipinski definition) is 1. The Morgan fingerprint density at radius 1 is 1.28 bits per heavy atom. The number of carbonyl (C=O) groups excluding carboxylic acids is 2. The fourth-order valence-corrected chi connectivity index (χ4v) is 1.31. The molecule has 0 aliphatic heterocycles. The first kappa shape index (κ1) is 14.0. The zero-order valence-corrected chi connectivity index (χ0v) is 10.5. The highest BCUT2D eigenvalue weighted by Crippen LogP contribution is 2.19. The minimum absolute atomic E-state index is 0.0366. The molecule has 1 rings (SSSR count). The van der Waals surface area contributed by atoms with Crippen LogP contribution in [-0.4, -0.2) is 54.4 Å². The van der Waals surface area contributed by atoms with E-state index in [1.54, 1.807) is 14.1 Å². The molecule has 1 aromatic rings. The first-order valence-corrected chi connectivity index (χ1v) is 5.27. The van der Waals surface area contributed by atoms with Crippen LogP contribution < -0.4 is 0 Å². The lowest BCUT2D eigenvalue weighted by Crippen LogP contribution is -2.37. The van der Waals surface area contributed by atoms with Crippen molar-refractivity contribution in [3.8, 4) is 5.75 Å². The van der Waals surface area contributed by atoms with Gasteiger partial charge in [-0.15, -0.1) is 0 Å². The van der Waals surface area contributed by atoms with Crippen LogP contribution >= 0.6 is 0 Å². The molecule has 0 saturated carbocycles. The number of hydrogen-bond acceptors (Lipinski definition) is 3. The molecular weight excluding hydrogens is 239 g/mol. The summed E-state index contributed by atoms with van der Waals surface area (Å²) in [6.45, 7) is -0.108. The molecule has 18 heavy (non-hydrogen) atoms. The van der Waals surface area contributed by atoms with Gasteiger partial charge in [-0.1, -0.05) is 0 Å². The molecule has 0 aliphatic carbocycles. The summed E-state index contributed by atoms with van der Waals surface area (Å²) in [5, 5.41) is 9.47. The van der Waals surface area contributed by atoms with Crippen LogP contribution in [0.3, 0.4) is 0 Å². The number of carbonyl (C=O) groups is 2. The predicted octanol–water partition coefficient (Wildman–Crippen LogP) is 0.691. The molecule has 0 heterocycles. The van der Waals surface area contributed by atoms with Crippen molar-refractivity contribution in [1.29, 1.82) is 0 Å². The van der Waals surface area contributed by atoms with Gasteiger partial charge in [0.25, 0.3) is 5.91 Å². The number of aromatic hydroxyl groups is 1. The van der Waals surface area contributed by atoms with Crippen LogP contribution in [0.2, 0.25) is 0 Å². The second kappa shape index (κ2) is 5.48. The van der Waals surface area contributed by atoms with E-state index in [9.17, 15) is 19.1 Å². The summed E-state index contributed by atoms with van der Waals surface area (Å²) in [6.07, 6.45) is 0. The van der Waals surface area contributed by atoms with Crippen molar-refractivity contribution in [3.05, 3.63) is 29.6 Å². The number of likely N-dealkylation sites (N-methyl/N-ethyl adjacent to an activating group) is 2. The van der Waals surface area contributed by atoms with Gasteiger partial charge in [0.1, 0.15) is 11.6 Å². The molecule has 6 heteroatoms. The minimum atomic E-state index is -0.629. The Kier molecular flexibility index (Phi) is 4.25. The molecule has 1 N–H and O–H groups in total. The van der Waals surface area contributed by atoms with Crippen molar-refractivity contribution in [2.24, 2.45) is 0 Å². The van der Waals surface area contributed by atoms with Gasteiger partial charge in [-0.3, -0.25) is 9.59 Å². The Labute approximate surface area is 104 Å². The Balaban J connectivity index is 2.84. The normalized spacial score (nSPS) is 10.0. The van der Waals surface area contributed by atoms with Crippen molar-refractivity contribution in [3.63, 3.8) is 0 Å². The summed E-state index contributed by atoms with van der Waals surface area (Å²) in [5.74, 6) is -1.85. The molecule has 0 atom stereocenters. The van der Waals surface area contributed by atoms with E-state index < -0.39 is 17.5 Å². The van der Waals surface area contributed by atoms with Crippen LogP contribution in [-0.2, 0) is 4.79 Å². The van der Waals surface area contributed by atoms with Gasteiger partial charge in [-0.25, -0.2) is 4.39 Å². The highest BCUT2D eigenvalue weighted by molar-refractivity contribution is 5.98. The molecule has 5 nitrogen and oxygen atoms in total. The molecule has 0 bridgehead atoms. The number of halogens is 1. The Hall–Kier alpha value is -2.11. The maximum atomic E-state index is 12.8. The maximum Gasteiger partial charge on any atom is 0.257 e. The predicted molar refractivity (Wildman–Crippen MR) is 63.7 cm³/mol. The van der Waals surface area contributed by atoms with Gasteiger partial charge >= 0.3 is 0 Å². The second-order valence-electron chi connectivity index (χ2n) is 4.11. The third-order valence-electron chi connectivity index (χ3n) is 2.41. The van der Waals surface area contributed by atoms with Gasteiger partial charge in [0.15, 0.2) is 0 Å². The van der Waals surface area contributed by atoms with Crippen molar-refractivity contribution in [1.82, 2.24) is 9.80 Å². The highest BCUT2D eigenvalue weighted by atomic mass is 19.1. The van der Waals surface area contributed by atoms with E-state index in [-0.39, 0.29) is 18.0 Å². The number of rotatable bonds is 3. The van der Waals surface area contributed by atoms with E-state index in [2.05, 4.69) is 0 Å². The third-order valence-corrected chi connectivity index (χ3v) is 2.41. The van der Waals surface area contributed by atoms with Gasteiger partial charge in [-0.2, -0.15) is 0 Å². The maximum absolute atomic E-state index is 12.8. The standard InChI is InChI=1S/C12H15FN2O3/c1-14(2)11(17)7-15(3)12(18)9-5-4-8(13)6-10(9)16/h4-6,16H,7H2,1-3H3. The van der Waals surface area contributed by atoms with E-state index in [1.165, 1.54) is 18.0 Å². The van der Waals surface area contributed by atoms with Gasteiger partial charge < -0.3 is 14.9 Å². The van der Waals surface area contributed by atoms with Gasteiger partial charge in [0.2, 0.25) is 5.91 Å². The summed E-state index contributed by atoms with van der Waals surface area (Å²) >= 11 is 0. The average molecular weight is 254 g/mol. The lowest BCUT2D eigenvalue weighted by atomic mass is 10.1. The number of benzene rings is 1. The number of phenolic OH excluding ortho intramolecular Hbond substituents is 1. The topological polar surface area (TPSA) is 60.9 Å². The zero-order chi connectivity index (χ0) is 13.9. The number of nitrogens with zero attached hydrogens (tertiary/aromatic N) is 2. The van der Waals surface area contributed by atoms with Crippen molar-refractivity contribution < 1.29 is 19.1 Å². The average Bonchev–Trinajstić information content (AvgIpc) is 2.27. The second-order valence-corrected chi connectivity index (χ2v) is 4.11. The van der Waals surface area contributed by atoms with Crippen LogP contribution in [0.5, 0.6) is 5.75 Å². The lowest BCUT2D eigenvalue weighted by Gasteiger charge is -2.19. The monoisotopic (exact) mass is 254 g/mol. The first-order chi connectivity index (χ1) is 8.32. The van der Waals surface area contributed by atoms with E-state index in [0.29, 0.717) is 0 Å². The SMILES string of the molecule is CN(C)C(=O)CN(C)C(=O)c1ccc(F)cc1O. The highest BCUT2D eigenvalue weighted by Gasteiger charge is 2.19. The van der Waals surface area contributed by atoms with E-state index in [4.69, 9.17) is 0 Å². The van der Waals surface area contributed by atoms with Crippen molar-refractivity contribution >= 4 is 11.8 Å². The molecule has 0 unspecified atom stereocenters. The molecule has 0 radical (unpaired) electrons. The van der Waals surface area contributed by atoms with E-state index >= 15 is 0 Å². The summed E-state index contributed by atoms with van der Waals surface area (Å²) in [4.78, 5) is 25.9. The molecule has 0 saturated heterocycles. The van der Waals surface area contributed by atoms with Crippen LogP contribution in [0.1, 0.15) is 10.4 Å². The molecule has 0 fully saturated rings. The van der Waals surface area contributed by atoms with Gasteiger partial charge in [0, 0.05) is 27.2 Å². The molecule has 0 aliphatic rings. The largest absolute Gasteiger partial charge is 0.507 e. The summed E-state index contributed by atoms with van der Waals surface area (Å²) in [5.41, 5.74) is -0.0366. The molecule has 1 aromatic carbocycles. The number of phenols is 1. The number of amides is 2. The molecule has 98 valence electrons. The van der Waals surface area contributed by atoms with Crippen LogP contribution in [0.15, 0.2) is 18.2 Å². The summed E-state index contributed by atoms with van der Waals surface area (Å²) < 4.78 is 12.8. The van der Waals surface area contributed by atoms with Gasteiger partial charge in [0.05, 0.1) is 12.1 Å². The molecular formula is C12H15FN2O3. The van der Waals surface area contributed by atoms with Crippen LogP contribution in [0.4, 0.5) is 4.39 Å². The third kappa shape index (κ3) is 3.19. The first-order valence-electron chi connectivity index (χ1n) is 5.27. The fraction of sp³-hybridized carbons (Fsp3) is 0.333. The quantitative estimate of drug-likeness (QED) is 0.863. The Morgan fingerprint density at radius 3 is 2.39 bits per heavy atom. The lowest BCUT2D eigenvalue weighted by molar-refractivity contribution is -0.129. The summed E-state index contributed by atoms with van der Waals surface area (Å²) in [6, 6.07) is 3.12. The van der Waals surface area contributed by atoms with Crippen molar-refractivity contribution in [2.45, 2.75) is 0 Å². The van der Waals surface area contributed by atoms with Crippen LogP contribution in [0.25, 0.3) is 0 Å². The zero-order valence-electron chi connectivity index (χ0n) is 10.5.